The summed E-state index contributed by atoms with van der Waals surface area (Å²) in [5, 5.41) is 0. The Labute approximate surface area is 39.3 Å². The van der Waals surface area contributed by atoms with Gasteiger partial charge < -0.3 is 0 Å². The lowest BCUT2D eigenvalue weighted by Gasteiger charge is -1.97. The molecule has 0 unspecified atom stereocenters. The van der Waals surface area contributed by atoms with Crippen molar-refractivity contribution in [3.05, 3.63) is 0 Å². The van der Waals surface area contributed by atoms with E-state index in [0.29, 0.717) is 0 Å². The van der Waals surface area contributed by atoms with Crippen LogP contribution >= 0.6 is 0 Å². The molecule has 0 amide bonds. The molecule has 7 heavy (non-hydrogen) atoms. The van der Waals surface area contributed by atoms with Crippen molar-refractivity contribution in [3.8, 4) is 0 Å². The van der Waals surface area contributed by atoms with Crippen LogP contribution in [0.4, 0.5) is 13.2 Å². The zero-order valence-corrected chi connectivity index (χ0v) is 3.63. The molecule has 0 aromatic heterocycles. The van der Waals surface area contributed by atoms with Gasteiger partial charge in [-0.25, -0.2) is 13.2 Å². The first kappa shape index (κ1) is 4.94. The molecule has 1 rings (SSSR count). The van der Waals surface area contributed by atoms with Crippen LogP contribution in [0.3, 0.4) is 0 Å². The Morgan fingerprint density at radius 1 is 1.29 bits per heavy atom. The zero-order valence-electron chi connectivity index (χ0n) is 3.63. The molecular weight excluding hydrogens is 105 g/mol. The van der Waals surface area contributed by atoms with E-state index in [1.807, 2.05) is 0 Å². The van der Waals surface area contributed by atoms with Gasteiger partial charge in [0.1, 0.15) is 0 Å². The molecule has 0 bridgehead atoms. The summed E-state index contributed by atoms with van der Waals surface area (Å²) < 4.78 is 34.3. The molecule has 1 aliphatic rings. The monoisotopic (exact) mass is 110 g/mol. The second-order valence-electron chi connectivity index (χ2n) is 1.84. The number of hydrogen-bond acceptors (Lipinski definition) is 0. The number of alkyl halides is 3. The van der Waals surface area contributed by atoms with Gasteiger partial charge in [0.15, 0.2) is 5.67 Å². The summed E-state index contributed by atoms with van der Waals surface area (Å²) in [7, 11) is 0. The van der Waals surface area contributed by atoms with Crippen molar-refractivity contribution in [1.29, 1.82) is 0 Å². The molecule has 3 heteroatoms. The summed E-state index contributed by atoms with van der Waals surface area (Å²) in [6.45, 7) is 0. The van der Waals surface area contributed by atoms with Gasteiger partial charge in [0.05, 0.1) is 0 Å². The maximum Gasteiger partial charge on any atom is 0.272 e. The highest BCUT2D eigenvalue weighted by Gasteiger charge is 2.51. The number of hydrogen-bond donors (Lipinski definition) is 0. The summed E-state index contributed by atoms with van der Waals surface area (Å²) in [5.41, 5.74) is -2.08. The van der Waals surface area contributed by atoms with Gasteiger partial charge in [-0.3, -0.25) is 0 Å². The minimum atomic E-state index is -2.76. The maximum absolute atomic E-state index is 11.9. The third-order valence-corrected chi connectivity index (χ3v) is 1.12. The molecular formula is C4H5F3. The second-order valence-corrected chi connectivity index (χ2v) is 1.84. The van der Waals surface area contributed by atoms with Gasteiger partial charge >= 0.3 is 0 Å². The van der Waals surface area contributed by atoms with Gasteiger partial charge in [-0.2, -0.15) is 0 Å². The van der Waals surface area contributed by atoms with Gasteiger partial charge in [-0.15, -0.1) is 0 Å². The van der Waals surface area contributed by atoms with Crippen molar-refractivity contribution < 1.29 is 13.2 Å². The molecule has 0 aromatic carbocycles. The fourth-order valence-electron chi connectivity index (χ4n) is 0.338. The minimum absolute atomic E-state index is 0.0463. The van der Waals surface area contributed by atoms with E-state index in [-0.39, 0.29) is 12.8 Å². The molecule has 1 fully saturated rings. The van der Waals surface area contributed by atoms with Crippen LogP contribution < -0.4 is 0 Å². The molecule has 1 saturated carbocycles. The Balaban J connectivity index is 2.39. The molecule has 0 aliphatic heterocycles. The molecule has 0 aromatic rings. The molecule has 0 saturated heterocycles. The second kappa shape index (κ2) is 1.14. The SMILES string of the molecule is FC(F)C1(F)CC1. The highest BCUT2D eigenvalue weighted by molar-refractivity contribution is 4.96. The van der Waals surface area contributed by atoms with Crippen LogP contribution in [0.5, 0.6) is 0 Å². The number of rotatable bonds is 1. The molecule has 0 radical (unpaired) electrons. The van der Waals surface area contributed by atoms with Crippen LogP contribution in [0.1, 0.15) is 12.8 Å². The quantitative estimate of drug-likeness (QED) is 0.482. The fourth-order valence-corrected chi connectivity index (χ4v) is 0.338. The van der Waals surface area contributed by atoms with E-state index in [2.05, 4.69) is 0 Å². The van der Waals surface area contributed by atoms with Crippen molar-refractivity contribution in [1.82, 2.24) is 0 Å². The summed E-state index contributed by atoms with van der Waals surface area (Å²) in [6, 6.07) is 0. The smallest absolute Gasteiger partial charge is 0.238 e. The highest BCUT2D eigenvalue weighted by atomic mass is 19.3. The van der Waals surface area contributed by atoms with Crippen molar-refractivity contribution in [2.24, 2.45) is 0 Å². The summed E-state index contributed by atoms with van der Waals surface area (Å²) in [6.07, 6.45) is -2.66. The first-order valence-corrected chi connectivity index (χ1v) is 2.12. The molecule has 1 aliphatic carbocycles. The average Bonchev–Trinajstić information content (AvgIpc) is 2.21. The van der Waals surface area contributed by atoms with Gasteiger partial charge in [0.2, 0.25) is 0 Å². The van der Waals surface area contributed by atoms with E-state index < -0.39 is 12.1 Å². The standard InChI is InChI=1S/C4H5F3/c5-3(6)4(7)1-2-4/h3H,1-2H2. The van der Waals surface area contributed by atoms with E-state index >= 15 is 0 Å². The van der Waals surface area contributed by atoms with E-state index in [9.17, 15) is 13.2 Å². The highest BCUT2D eigenvalue weighted by Crippen LogP contribution is 2.44. The van der Waals surface area contributed by atoms with Crippen LogP contribution in [0.15, 0.2) is 0 Å². The summed E-state index contributed by atoms with van der Waals surface area (Å²) in [4.78, 5) is 0. The molecule has 0 N–H and O–H groups in total. The van der Waals surface area contributed by atoms with Gasteiger partial charge in [0.25, 0.3) is 6.43 Å². The van der Waals surface area contributed by atoms with E-state index in [1.54, 1.807) is 0 Å². The molecule has 0 atom stereocenters. The number of halogens is 3. The first-order valence-electron chi connectivity index (χ1n) is 2.12. The van der Waals surface area contributed by atoms with E-state index in [1.165, 1.54) is 0 Å². The minimum Gasteiger partial charge on any atom is -0.238 e. The predicted octanol–water partition coefficient (Wildman–Crippen LogP) is 1.75. The Morgan fingerprint density at radius 2 is 1.71 bits per heavy atom. The molecule has 42 valence electrons. The van der Waals surface area contributed by atoms with E-state index in [0.717, 1.165) is 0 Å². The lowest BCUT2D eigenvalue weighted by molar-refractivity contribution is 0.0334. The fraction of sp³-hybridized carbons (Fsp3) is 1.00. The van der Waals surface area contributed by atoms with Crippen LogP contribution in [0.25, 0.3) is 0 Å². The van der Waals surface area contributed by atoms with Gasteiger partial charge in [-0.05, 0) is 12.8 Å². The van der Waals surface area contributed by atoms with E-state index in [4.69, 9.17) is 0 Å². The van der Waals surface area contributed by atoms with Gasteiger partial charge in [-0.1, -0.05) is 0 Å². The van der Waals surface area contributed by atoms with Crippen LogP contribution in [-0.2, 0) is 0 Å². The topological polar surface area (TPSA) is 0 Å². The Bertz CT molecular complexity index is 75.0. The van der Waals surface area contributed by atoms with Crippen molar-refractivity contribution in [2.45, 2.75) is 24.9 Å². The Kier molecular flexibility index (Phi) is 0.805. The van der Waals surface area contributed by atoms with Gasteiger partial charge in [0, 0.05) is 0 Å². The normalized spacial score (nSPS) is 25.7. The average molecular weight is 110 g/mol. The Morgan fingerprint density at radius 3 is 1.71 bits per heavy atom. The zero-order chi connectivity index (χ0) is 5.49. The lowest BCUT2D eigenvalue weighted by atomic mass is 10.4. The maximum atomic E-state index is 11.9. The summed E-state index contributed by atoms with van der Waals surface area (Å²) >= 11 is 0. The van der Waals surface area contributed by atoms with Crippen molar-refractivity contribution in [3.63, 3.8) is 0 Å². The third-order valence-electron chi connectivity index (χ3n) is 1.12. The largest absolute Gasteiger partial charge is 0.272 e. The Hall–Kier alpha value is -0.210. The van der Waals surface area contributed by atoms with Crippen molar-refractivity contribution in [2.75, 3.05) is 0 Å². The third kappa shape index (κ3) is 0.714. The first-order chi connectivity index (χ1) is 3.15. The predicted molar refractivity (Wildman–Crippen MR) is 19.1 cm³/mol. The molecule has 0 nitrogen and oxygen atoms in total. The molecule has 0 spiro atoms. The van der Waals surface area contributed by atoms with Crippen LogP contribution in [0.2, 0.25) is 0 Å². The summed E-state index contributed by atoms with van der Waals surface area (Å²) in [5.74, 6) is 0. The van der Waals surface area contributed by atoms with Crippen molar-refractivity contribution >= 4 is 0 Å². The van der Waals surface area contributed by atoms with Crippen LogP contribution in [-0.4, -0.2) is 12.1 Å². The molecule has 0 heterocycles. The van der Waals surface area contributed by atoms with Crippen LogP contribution in [0, 0.1) is 0 Å². The lowest BCUT2D eigenvalue weighted by Crippen LogP contribution is -2.11.